The van der Waals surface area contributed by atoms with E-state index in [9.17, 15) is 4.79 Å². The molecule has 1 N–H and O–H groups in total. The lowest BCUT2D eigenvalue weighted by molar-refractivity contribution is 0.102. The van der Waals surface area contributed by atoms with E-state index in [2.05, 4.69) is 32.0 Å². The average Bonchev–Trinajstić information content (AvgIpc) is 2.63. The molecule has 6 nitrogen and oxygen atoms in total. The van der Waals surface area contributed by atoms with Gasteiger partial charge in [-0.2, -0.15) is 0 Å². The van der Waals surface area contributed by atoms with Gasteiger partial charge in [0.05, 0.1) is 17.6 Å². The zero-order valence-electron chi connectivity index (χ0n) is 13.3. The molecule has 0 bridgehead atoms. The molecule has 3 rings (SSSR count). The number of para-hydroxylation sites is 2. The summed E-state index contributed by atoms with van der Waals surface area (Å²) in [6.07, 6.45) is 4.54. The Labute approximate surface area is 136 Å². The topological polar surface area (TPSA) is 61.4 Å². The van der Waals surface area contributed by atoms with Gasteiger partial charge in [0.15, 0.2) is 0 Å². The first-order valence-corrected chi connectivity index (χ1v) is 7.91. The molecule has 0 aliphatic carbocycles. The highest BCUT2D eigenvalue weighted by Crippen LogP contribution is 2.26. The number of hydrogen-bond acceptors (Lipinski definition) is 5. The second-order valence-corrected chi connectivity index (χ2v) is 5.48. The fourth-order valence-electron chi connectivity index (χ4n) is 2.76. The smallest absolute Gasteiger partial charge is 0.275 e. The number of nitrogens with zero attached hydrogens (tertiary/aromatic N) is 4. The van der Waals surface area contributed by atoms with E-state index in [4.69, 9.17) is 0 Å². The maximum absolute atomic E-state index is 12.3. The molecule has 1 amide bonds. The third kappa shape index (κ3) is 3.65. The summed E-state index contributed by atoms with van der Waals surface area (Å²) in [7, 11) is 0. The van der Waals surface area contributed by atoms with Crippen molar-refractivity contribution in [1.82, 2.24) is 14.9 Å². The normalized spacial score (nSPS) is 15.4. The summed E-state index contributed by atoms with van der Waals surface area (Å²) < 4.78 is 0. The molecular weight excluding hydrogens is 290 g/mol. The summed E-state index contributed by atoms with van der Waals surface area (Å²) in [5.74, 6) is -0.238. The van der Waals surface area contributed by atoms with Crippen molar-refractivity contribution in [3.63, 3.8) is 0 Å². The van der Waals surface area contributed by atoms with Gasteiger partial charge >= 0.3 is 0 Å². The Morgan fingerprint density at radius 3 is 2.65 bits per heavy atom. The van der Waals surface area contributed by atoms with Gasteiger partial charge in [0, 0.05) is 38.6 Å². The van der Waals surface area contributed by atoms with Crippen molar-refractivity contribution in [3.05, 3.63) is 48.5 Å². The first-order valence-electron chi connectivity index (χ1n) is 7.91. The van der Waals surface area contributed by atoms with Gasteiger partial charge in [-0.15, -0.1) is 0 Å². The molecule has 6 heteroatoms. The van der Waals surface area contributed by atoms with Crippen LogP contribution in [-0.2, 0) is 0 Å². The first-order chi connectivity index (χ1) is 11.3. The van der Waals surface area contributed by atoms with Crippen LogP contribution >= 0.6 is 0 Å². The molecule has 120 valence electrons. The number of anilines is 2. The lowest BCUT2D eigenvalue weighted by Crippen LogP contribution is -2.46. The van der Waals surface area contributed by atoms with Gasteiger partial charge in [0.25, 0.3) is 5.91 Å². The molecule has 0 spiro atoms. The number of aromatic nitrogens is 2. The fraction of sp³-hybridized carbons (Fsp3) is 0.353. The minimum Gasteiger partial charge on any atom is -0.367 e. The second kappa shape index (κ2) is 7.19. The van der Waals surface area contributed by atoms with Crippen LogP contribution in [0, 0.1) is 0 Å². The molecule has 0 saturated carbocycles. The Kier molecular flexibility index (Phi) is 4.83. The molecule has 0 unspecified atom stereocenters. The molecular formula is C17H21N5O. The fourth-order valence-corrected chi connectivity index (χ4v) is 2.76. The Balaban J connectivity index is 1.75. The number of nitrogens with one attached hydrogen (secondary N) is 1. The molecule has 1 aliphatic rings. The summed E-state index contributed by atoms with van der Waals surface area (Å²) >= 11 is 0. The van der Waals surface area contributed by atoms with Crippen LogP contribution in [0.2, 0.25) is 0 Å². The largest absolute Gasteiger partial charge is 0.367 e. The van der Waals surface area contributed by atoms with Gasteiger partial charge in [-0.05, 0) is 18.7 Å². The van der Waals surface area contributed by atoms with Gasteiger partial charge in [-0.1, -0.05) is 19.1 Å². The van der Waals surface area contributed by atoms with E-state index in [1.807, 2.05) is 24.3 Å². The summed E-state index contributed by atoms with van der Waals surface area (Å²) in [4.78, 5) is 25.0. The molecule has 1 aromatic carbocycles. The molecule has 1 aliphatic heterocycles. The van der Waals surface area contributed by atoms with Crippen LogP contribution in [0.1, 0.15) is 17.4 Å². The predicted octanol–water partition coefficient (Wildman–Crippen LogP) is 1.87. The number of piperazine rings is 1. The lowest BCUT2D eigenvalue weighted by Gasteiger charge is -2.36. The molecule has 0 atom stereocenters. The van der Waals surface area contributed by atoms with E-state index < -0.39 is 0 Å². The molecule has 0 radical (unpaired) electrons. The van der Waals surface area contributed by atoms with Crippen molar-refractivity contribution in [2.24, 2.45) is 0 Å². The van der Waals surface area contributed by atoms with E-state index >= 15 is 0 Å². The molecule has 1 aromatic heterocycles. The molecule has 2 aromatic rings. The number of carbonyl (C=O) groups is 1. The van der Waals surface area contributed by atoms with Crippen LogP contribution in [0.15, 0.2) is 42.9 Å². The monoisotopic (exact) mass is 311 g/mol. The van der Waals surface area contributed by atoms with Crippen molar-refractivity contribution < 1.29 is 4.79 Å². The standard InChI is InChI=1S/C17H21N5O/c1-2-21-9-11-22(12-10-21)16-6-4-3-5-14(16)20-17(23)15-13-18-7-8-19-15/h3-8,13H,2,9-12H2,1H3,(H,20,23). The Morgan fingerprint density at radius 2 is 1.96 bits per heavy atom. The van der Waals surface area contributed by atoms with E-state index in [1.165, 1.54) is 12.4 Å². The minimum absolute atomic E-state index is 0.238. The Hall–Kier alpha value is -2.47. The lowest BCUT2D eigenvalue weighted by atomic mass is 10.2. The minimum atomic E-state index is -0.238. The third-order valence-corrected chi connectivity index (χ3v) is 4.11. The van der Waals surface area contributed by atoms with Crippen LogP contribution in [0.5, 0.6) is 0 Å². The van der Waals surface area contributed by atoms with Gasteiger partial charge in [-0.25, -0.2) is 4.98 Å². The number of rotatable bonds is 4. The van der Waals surface area contributed by atoms with Crippen LogP contribution in [0.3, 0.4) is 0 Å². The first kappa shape index (κ1) is 15.4. The number of amides is 1. The van der Waals surface area contributed by atoms with Crippen molar-refractivity contribution in [3.8, 4) is 0 Å². The van der Waals surface area contributed by atoms with Crippen molar-refractivity contribution in [1.29, 1.82) is 0 Å². The van der Waals surface area contributed by atoms with Gasteiger partial charge in [0.2, 0.25) is 0 Å². The Bertz CT molecular complexity index is 653. The molecule has 23 heavy (non-hydrogen) atoms. The zero-order chi connectivity index (χ0) is 16.1. The van der Waals surface area contributed by atoms with E-state index in [1.54, 1.807) is 6.20 Å². The highest BCUT2D eigenvalue weighted by Gasteiger charge is 2.19. The molecule has 2 heterocycles. The SMILES string of the molecule is CCN1CCN(c2ccccc2NC(=O)c2cnccn2)CC1. The highest BCUT2D eigenvalue weighted by molar-refractivity contribution is 6.04. The number of carbonyl (C=O) groups excluding carboxylic acids is 1. The van der Waals surface area contributed by atoms with E-state index in [-0.39, 0.29) is 5.91 Å². The summed E-state index contributed by atoms with van der Waals surface area (Å²) in [6.45, 7) is 7.28. The summed E-state index contributed by atoms with van der Waals surface area (Å²) in [5.41, 5.74) is 2.19. The molecule has 1 fully saturated rings. The van der Waals surface area contributed by atoms with E-state index in [0.717, 1.165) is 44.1 Å². The zero-order valence-corrected chi connectivity index (χ0v) is 13.3. The predicted molar refractivity (Wildman–Crippen MR) is 90.8 cm³/mol. The van der Waals surface area contributed by atoms with Crippen LogP contribution < -0.4 is 10.2 Å². The third-order valence-electron chi connectivity index (χ3n) is 4.11. The second-order valence-electron chi connectivity index (χ2n) is 5.48. The maximum Gasteiger partial charge on any atom is 0.275 e. The summed E-state index contributed by atoms with van der Waals surface area (Å²) in [6, 6.07) is 7.90. The number of benzene rings is 1. The number of likely N-dealkylation sites (N-methyl/N-ethyl adjacent to an activating group) is 1. The van der Waals surface area contributed by atoms with Crippen LogP contribution in [0.25, 0.3) is 0 Å². The highest BCUT2D eigenvalue weighted by atomic mass is 16.1. The quantitative estimate of drug-likeness (QED) is 0.934. The molecule has 1 saturated heterocycles. The van der Waals surface area contributed by atoms with E-state index in [0.29, 0.717) is 5.69 Å². The van der Waals surface area contributed by atoms with Crippen LogP contribution in [-0.4, -0.2) is 53.5 Å². The van der Waals surface area contributed by atoms with Crippen molar-refractivity contribution in [2.75, 3.05) is 42.9 Å². The van der Waals surface area contributed by atoms with Gasteiger partial charge < -0.3 is 15.1 Å². The number of hydrogen-bond donors (Lipinski definition) is 1. The summed E-state index contributed by atoms with van der Waals surface area (Å²) in [5, 5.41) is 2.95. The Morgan fingerprint density at radius 1 is 1.17 bits per heavy atom. The maximum atomic E-state index is 12.3. The van der Waals surface area contributed by atoms with Crippen LogP contribution in [0.4, 0.5) is 11.4 Å². The van der Waals surface area contributed by atoms with Crippen molar-refractivity contribution in [2.45, 2.75) is 6.92 Å². The van der Waals surface area contributed by atoms with Gasteiger partial charge in [0.1, 0.15) is 5.69 Å². The van der Waals surface area contributed by atoms with Crippen molar-refractivity contribution >= 4 is 17.3 Å². The average molecular weight is 311 g/mol. The van der Waals surface area contributed by atoms with Gasteiger partial charge in [-0.3, -0.25) is 9.78 Å².